The van der Waals surface area contributed by atoms with E-state index in [2.05, 4.69) is 5.32 Å². The van der Waals surface area contributed by atoms with E-state index in [1.54, 1.807) is 42.5 Å². The van der Waals surface area contributed by atoms with Gasteiger partial charge in [-0.05, 0) is 60.5 Å². The van der Waals surface area contributed by atoms with Gasteiger partial charge in [0, 0.05) is 11.3 Å². The molecule has 0 aliphatic carbocycles. The number of rotatable bonds is 8. The Balaban J connectivity index is 1.82. The minimum Gasteiger partial charge on any atom is -0.465 e. The fourth-order valence-corrected chi connectivity index (χ4v) is 4.36. The van der Waals surface area contributed by atoms with Gasteiger partial charge in [0.25, 0.3) is 5.91 Å². The highest BCUT2D eigenvalue weighted by Gasteiger charge is 2.19. The van der Waals surface area contributed by atoms with Gasteiger partial charge in [0.05, 0.1) is 43.8 Å². The number of anilines is 2. The number of nitrogens with one attached hydrogen (secondary N) is 1. The highest BCUT2D eigenvalue weighted by Crippen LogP contribution is 2.22. The molecule has 0 aliphatic heterocycles. The Labute approximate surface area is 209 Å². The minimum atomic E-state index is -3.55. The Morgan fingerprint density at radius 1 is 0.833 bits per heavy atom. The zero-order chi connectivity index (χ0) is 26.5. The Morgan fingerprint density at radius 2 is 1.42 bits per heavy atom. The maximum absolute atomic E-state index is 12.8. The van der Waals surface area contributed by atoms with E-state index in [0.29, 0.717) is 16.8 Å². The highest BCUT2D eigenvalue weighted by molar-refractivity contribution is 7.92. The van der Waals surface area contributed by atoms with Gasteiger partial charge in [0.2, 0.25) is 10.0 Å². The minimum absolute atomic E-state index is 0.0723. The second-order valence-electron chi connectivity index (χ2n) is 8.04. The zero-order valence-electron chi connectivity index (χ0n) is 20.3. The maximum Gasteiger partial charge on any atom is 0.337 e. The lowest BCUT2D eigenvalue weighted by molar-refractivity contribution is 0.0598. The molecule has 1 N–H and O–H groups in total. The van der Waals surface area contributed by atoms with Gasteiger partial charge < -0.3 is 14.8 Å². The predicted molar refractivity (Wildman–Crippen MR) is 136 cm³/mol. The van der Waals surface area contributed by atoms with Gasteiger partial charge in [-0.1, -0.05) is 24.3 Å². The van der Waals surface area contributed by atoms with Gasteiger partial charge >= 0.3 is 11.9 Å². The van der Waals surface area contributed by atoms with Crippen LogP contribution in [0.5, 0.6) is 0 Å². The Bertz CT molecular complexity index is 1370. The molecule has 0 aromatic heterocycles. The second kappa shape index (κ2) is 11.0. The standard InChI is InChI=1S/C26H26N2O7S/c1-17-6-5-7-23(12-17)28(36(4,32)33)16-18-8-10-19(11-9-18)24(29)27-22-14-20(25(30)34-2)13-21(15-22)26(31)35-3/h5-15H,16H2,1-4H3,(H,27,29). The number of esters is 2. The van der Waals surface area contributed by atoms with Crippen molar-refractivity contribution in [1.29, 1.82) is 0 Å². The van der Waals surface area contributed by atoms with Crippen LogP contribution in [0.15, 0.2) is 66.7 Å². The maximum atomic E-state index is 12.8. The number of hydrogen-bond acceptors (Lipinski definition) is 7. The lowest BCUT2D eigenvalue weighted by Gasteiger charge is -2.23. The molecule has 0 heterocycles. The van der Waals surface area contributed by atoms with Gasteiger partial charge in [-0.15, -0.1) is 0 Å². The molecule has 0 saturated heterocycles. The summed E-state index contributed by atoms with van der Waals surface area (Å²) in [6.45, 7) is 1.97. The van der Waals surface area contributed by atoms with Crippen LogP contribution in [-0.2, 0) is 26.0 Å². The molecular formula is C26H26N2O7S. The van der Waals surface area contributed by atoms with Crippen molar-refractivity contribution < 1.29 is 32.3 Å². The first-order valence-electron chi connectivity index (χ1n) is 10.8. The van der Waals surface area contributed by atoms with Crippen LogP contribution in [0.2, 0.25) is 0 Å². The van der Waals surface area contributed by atoms with Crippen molar-refractivity contribution in [2.24, 2.45) is 0 Å². The lowest BCUT2D eigenvalue weighted by Crippen LogP contribution is -2.29. The predicted octanol–water partition coefficient (Wildman–Crippen LogP) is 3.79. The van der Waals surface area contributed by atoms with E-state index >= 15 is 0 Å². The Kier molecular flexibility index (Phi) is 8.11. The molecule has 0 radical (unpaired) electrons. The molecule has 0 aliphatic rings. The number of methoxy groups -OCH3 is 2. The quantitative estimate of drug-likeness (QED) is 0.458. The van der Waals surface area contributed by atoms with Gasteiger partial charge in [0.15, 0.2) is 0 Å². The number of nitrogens with zero attached hydrogens (tertiary/aromatic N) is 1. The third-order valence-electron chi connectivity index (χ3n) is 5.27. The Morgan fingerprint density at radius 3 is 1.92 bits per heavy atom. The fourth-order valence-electron chi connectivity index (χ4n) is 3.48. The molecule has 188 valence electrons. The number of carbonyl (C=O) groups excluding carboxylic acids is 3. The van der Waals surface area contributed by atoms with E-state index in [1.165, 1.54) is 36.7 Å². The highest BCUT2D eigenvalue weighted by atomic mass is 32.2. The number of ether oxygens (including phenoxy) is 2. The van der Waals surface area contributed by atoms with Crippen LogP contribution in [-0.4, -0.2) is 46.7 Å². The van der Waals surface area contributed by atoms with E-state index in [4.69, 9.17) is 9.47 Å². The van der Waals surface area contributed by atoms with E-state index in [-0.39, 0.29) is 23.4 Å². The van der Waals surface area contributed by atoms with E-state index in [9.17, 15) is 22.8 Å². The first-order valence-corrected chi connectivity index (χ1v) is 12.6. The molecular weight excluding hydrogens is 484 g/mol. The first-order chi connectivity index (χ1) is 17.0. The SMILES string of the molecule is COC(=O)c1cc(NC(=O)c2ccc(CN(c3cccc(C)c3)S(C)(=O)=O)cc2)cc(C(=O)OC)c1. The van der Waals surface area contributed by atoms with Crippen LogP contribution in [0.4, 0.5) is 11.4 Å². The summed E-state index contributed by atoms with van der Waals surface area (Å²) in [6, 6.07) is 17.7. The number of sulfonamides is 1. The van der Waals surface area contributed by atoms with Crippen molar-refractivity contribution in [3.8, 4) is 0 Å². The molecule has 0 atom stereocenters. The number of carbonyl (C=O) groups is 3. The van der Waals surface area contributed by atoms with Gasteiger partial charge in [-0.2, -0.15) is 0 Å². The summed E-state index contributed by atoms with van der Waals surface area (Å²) in [5, 5.41) is 2.65. The van der Waals surface area contributed by atoms with Crippen molar-refractivity contribution in [3.63, 3.8) is 0 Å². The summed E-state index contributed by atoms with van der Waals surface area (Å²) in [6.07, 6.45) is 1.14. The number of hydrogen-bond donors (Lipinski definition) is 1. The summed E-state index contributed by atoms with van der Waals surface area (Å²) >= 11 is 0. The topological polar surface area (TPSA) is 119 Å². The summed E-state index contributed by atoms with van der Waals surface area (Å²) < 4.78 is 35.5. The summed E-state index contributed by atoms with van der Waals surface area (Å²) in [5.74, 6) is -1.84. The lowest BCUT2D eigenvalue weighted by atomic mass is 10.1. The molecule has 0 spiro atoms. The average Bonchev–Trinajstić information content (AvgIpc) is 2.85. The monoisotopic (exact) mass is 510 g/mol. The molecule has 0 unspecified atom stereocenters. The molecule has 0 bridgehead atoms. The van der Waals surface area contributed by atoms with Crippen LogP contribution in [0, 0.1) is 6.92 Å². The molecule has 36 heavy (non-hydrogen) atoms. The molecule has 10 heteroatoms. The molecule has 0 fully saturated rings. The van der Waals surface area contributed by atoms with Gasteiger partial charge in [-0.3, -0.25) is 9.10 Å². The summed E-state index contributed by atoms with van der Waals surface area (Å²) in [7, 11) is -1.14. The fraction of sp³-hybridized carbons (Fsp3) is 0.192. The zero-order valence-corrected chi connectivity index (χ0v) is 21.1. The van der Waals surface area contributed by atoms with Crippen LogP contribution in [0.1, 0.15) is 42.2 Å². The smallest absolute Gasteiger partial charge is 0.337 e. The van der Waals surface area contributed by atoms with E-state index in [0.717, 1.165) is 11.8 Å². The largest absolute Gasteiger partial charge is 0.465 e. The molecule has 1 amide bonds. The van der Waals surface area contributed by atoms with Crippen molar-refractivity contribution in [2.45, 2.75) is 13.5 Å². The normalized spacial score (nSPS) is 10.9. The summed E-state index contributed by atoms with van der Waals surface area (Å²) in [5.41, 5.74) is 2.80. The molecule has 3 aromatic rings. The molecule has 3 rings (SSSR count). The Hall–Kier alpha value is -4.18. The van der Waals surface area contributed by atoms with Crippen LogP contribution < -0.4 is 9.62 Å². The van der Waals surface area contributed by atoms with Crippen LogP contribution in [0.25, 0.3) is 0 Å². The third kappa shape index (κ3) is 6.48. The van der Waals surface area contributed by atoms with Crippen LogP contribution in [0.3, 0.4) is 0 Å². The van der Waals surface area contributed by atoms with Crippen molar-refractivity contribution in [2.75, 3.05) is 30.1 Å². The number of benzene rings is 3. The van der Waals surface area contributed by atoms with Gasteiger partial charge in [-0.25, -0.2) is 18.0 Å². The average molecular weight is 511 g/mol. The van der Waals surface area contributed by atoms with Crippen molar-refractivity contribution >= 4 is 39.2 Å². The van der Waals surface area contributed by atoms with Crippen molar-refractivity contribution in [1.82, 2.24) is 0 Å². The number of amides is 1. The number of aryl methyl sites for hydroxylation is 1. The van der Waals surface area contributed by atoms with E-state index < -0.39 is 27.9 Å². The molecule has 9 nitrogen and oxygen atoms in total. The molecule has 0 saturated carbocycles. The first kappa shape index (κ1) is 26.4. The van der Waals surface area contributed by atoms with Crippen LogP contribution >= 0.6 is 0 Å². The van der Waals surface area contributed by atoms with Gasteiger partial charge in [0.1, 0.15) is 0 Å². The second-order valence-corrected chi connectivity index (χ2v) is 9.95. The van der Waals surface area contributed by atoms with Crippen molar-refractivity contribution in [3.05, 3.63) is 94.5 Å². The third-order valence-corrected chi connectivity index (χ3v) is 6.41. The summed E-state index contributed by atoms with van der Waals surface area (Å²) in [4.78, 5) is 36.8. The molecule has 3 aromatic carbocycles. The van der Waals surface area contributed by atoms with E-state index in [1.807, 2.05) is 13.0 Å².